The summed E-state index contributed by atoms with van der Waals surface area (Å²) in [6.45, 7) is 4.31. The van der Waals surface area contributed by atoms with E-state index in [-0.39, 0.29) is 11.5 Å². The van der Waals surface area contributed by atoms with Crippen molar-refractivity contribution in [2.45, 2.75) is 13.8 Å². The summed E-state index contributed by atoms with van der Waals surface area (Å²) in [7, 11) is 0. The molecule has 5 aromatic carbocycles. The van der Waals surface area contributed by atoms with Crippen LogP contribution in [0.3, 0.4) is 0 Å². The third-order valence-corrected chi connectivity index (χ3v) is 19.3. The molecule has 278 valence electrons. The number of phenolic OH excluding ortho intramolecular Hbond substituents is 2. The molecule has 0 saturated carbocycles. The van der Waals surface area contributed by atoms with Crippen LogP contribution in [0.4, 0.5) is 0 Å². The van der Waals surface area contributed by atoms with E-state index in [1.165, 1.54) is 112 Å². The molecule has 0 saturated heterocycles. The molecule has 0 amide bonds. The topological polar surface area (TPSA) is 50.3 Å². The van der Waals surface area contributed by atoms with Gasteiger partial charge in [-0.3, -0.25) is 0 Å². The molecule has 13 rings (SSSR count). The smallest absolute Gasteiger partial charge is 0.115 e. The summed E-state index contributed by atoms with van der Waals surface area (Å²) in [5.41, 5.74) is 12.2. The molecule has 0 bridgehead atoms. The van der Waals surface area contributed by atoms with E-state index in [2.05, 4.69) is 95.8 Å². The Morgan fingerprint density at radius 1 is 0.379 bits per heavy atom. The van der Waals surface area contributed by atoms with Crippen LogP contribution in [0.5, 0.6) is 11.5 Å². The van der Waals surface area contributed by atoms with Crippen molar-refractivity contribution >= 4 is 148 Å². The Kier molecular flexibility index (Phi) is 6.96. The van der Waals surface area contributed by atoms with E-state index in [0.717, 1.165) is 11.1 Å². The Morgan fingerprint density at radius 3 is 1.17 bits per heavy atom. The molecule has 0 aliphatic rings. The molecule has 8 aromatic heterocycles. The first-order chi connectivity index (χ1) is 28.3. The second-order valence-corrected chi connectivity index (χ2v) is 21.3. The zero-order chi connectivity index (χ0) is 38.6. The molecule has 2 N–H and O–H groups in total. The molecule has 13 aromatic rings. The van der Waals surface area contributed by atoms with Crippen LogP contribution in [0.25, 0.3) is 112 Å². The molecule has 0 radical (unpaired) electrons. The van der Waals surface area contributed by atoms with Crippen molar-refractivity contribution < 1.29 is 10.2 Å². The molecular weight excluding hydrogens is 829 g/mol. The lowest BCUT2D eigenvalue weighted by molar-refractivity contribution is 0.475. The first kappa shape index (κ1) is 33.5. The summed E-state index contributed by atoms with van der Waals surface area (Å²) >= 11 is 11.4. The van der Waals surface area contributed by atoms with Crippen molar-refractivity contribution in [3.8, 4) is 43.8 Å². The number of aromatic nitrogens is 2. The molecule has 58 heavy (non-hydrogen) atoms. The van der Waals surface area contributed by atoms with Gasteiger partial charge in [-0.25, -0.2) is 0 Å². The van der Waals surface area contributed by atoms with Crippen molar-refractivity contribution in [1.82, 2.24) is 9.13 Å². The molecule has 4 nitrogen and oxygen atoms in total. The largest absolute Gasteiger partial charge is 0.508 e. The Bertz CT molecular complexity index is 3550. The number of rotatable bonds is 4. The molecule has 0 aliphatic carbocycles. The van der Waals surface area contributed by atoms with Crippen LogP contribution in [0.2, 0.25) is 0 Å². The quantitative estimate of drug-likeness (QED) is 0.185. The van der Waals surface area contributed by atoms with Gasteiger partial charge in [0, 0.05) is 41.3 Å². The van der Waals surface area contributed by atoms with Gasteiger partial charge < -0.3 is 19.3 Å². The number of hydrogen-bond acceptors (Lipinski definition) is 8. The minimum atomic E-state index is 0.289. The molecule has 10 heteroatoms. The molecular formula is C48H28N2O2S6. The van der Waals surface area contributed by atoms with Gasteiger partial charge in [-0.2, -0.15) is 0 Å². The predicted molar refractivity (Wildman–Crippen MR) is 256 cm³/mol. The third kappa shape index (κ3) is 4.69. The highest BCUT2D eigenvalue weighted by atomic mass is 32.1. The number of fused-ring (bicyclic) bond motifs is 14. The second-order valence-electron chi connectivity index (χ2n) is 15.0. The number of hydrogen-bond donors (Lipinski definition) is 2. The average Bonchev–Trinajstić information content (AvgIpc) is 4.09. The fourth-order valence-electron chi connectivity index (χ4n) is 8.52. The SMILES string of the molecule is Cc1ccc(-n2c3cc4c5sc6c7sc(-c8ccc(O)cc8)cc7sc6c5n(-c5ccc(C)cc5)c4cc3c3sc4c5sc(-c6ccc(O)cc6)cc5sc4c32)cc1. The molecule has 0 aliphatic heterocycles. The summed E-state index contributed by atoms with van der Waals surface area (Å²) in [4.78, 5) is 2.45. The third-order valence-electron chi connectivity index (χ3n) is 11.3. The van der Waals surface area contributed by atoms with Crippen molar-refractivity contribution in [2.24, 2.45) is 0 Å². The highest BCUT2D eigenvalue weighted by molar-refractivity contribution is 7.43. The standard InChI is InChI=1S/C48H28N2O2S6/c1-23-3-11-27(12-4-23)49-33-19-32-34(20-31(33)41-39(49)45-47(57-41)43-37(55-45)21-35(53-43)25-7-15-29(51)16-8-25)50(28-13-5-24(2)6-14-28)40-42(32)58-48-44-38(56-46(40)48)22-36(54-44)26-9-17-30(52)18-10-26/h3-22,51-52H,1-2H3. The Morgan fingerprint density at radius 2 is 0.776 bits per heavy atom. The zero-order valence-electron chi connectivity index (χ0n) is 30.8. The Labute approximate surface area is 354 Å². The number of thiophene rings is 6. The minimum Gasteiger partial charge on any atom is -0.508 e. The van der Waals surface area contributed by atoms with E-state index in [1.807, 2.05) is 92.3 Å². The molecule has 0 spiro atoms. The van der Waals surface area contributed by atoms with E-state index in [9.17, 15) is 10.2 Å². The normalized spacial score (nSPS) is 12.4. The maximum atomic E-state index is 9.93. The number of aromatic hydroxyl groups is 2. The first-order valence-electron chi connectivity index (χ1n) is 18.8. The van der Waals surface area contributed by atoms with Gasteiger partial charge in [0.25, 0.3) is 0 Å². The first-order valence-corrected chi connectivity index (χ1v) is 23.7. The lowest BCUT2D eigenvalue weighted by Gasteiger charge is -2.10. The van der Waals surface area contributed by atoms with Gasteiger partial charge in [-0.1, -0.05) is 35.4 Å². The number of aryl methyl sites for hydroxylation is 2. The van der Waals surface area contributed by atoms with Gasteiger partial charge in [0.1, 0.15) is 11.5 Å². The second kappa shape index (κ2) is 12.0. The maximum absolute atomic E-state index is 9.93. The zero-order valence-corrected chi connectivity index (χ0v) is 35.7. The van der Waals surface area contributed by atoms with Gasteiger partial charge in [-0.05, 0) is 122 Å². The van der Waals surface area contributed by atoms with Crippen molar-refractivity contribution in [3.05, 3.63) is 132 Å². The predicted octanol–water partition coefficient (Wildman–Crippen LogP) is 16.2. The van der Waals surface area contributed by atoms with Crippen molar-refractivity contribution in [3.63, 3.8) is 0 Å². The number of nitrogens with zero attached hydrogens (tertiary/aromatic N) is 2. The summed E-state index contributed by atoms with van der Waals surface area (Å²) < 4.78 is 18.4. The average molecular weight is 857 g/mol. The van der Waals surface area contributed by atoms with Crippen LogP contribution in [0, 0.1) is 13.8 Å². The van der Waals surface area contributed by atoms with Crippen LogP contribution in [-0.2, 0) is 0 Å². The van der Waals surface area contributed by atoms with E-state index in [4.69, 9.17) is 0 Å². The lowest BCUT2D eigenvalue weighted by atomic mass is 10.1. The lowest BCUT2D eigenvalue weighted by Crippen LogP contribution is -1.95. The number of phenols is 2. The molecule has 0 atom stereocenters. The number of benzene rings is 5. The molecule has 0 unspecified atom stereocenters. The van der Waals surface area contributed by atoms with Crippen LogP contribution >= 0.6 is 68.0 Å². The van der Waals surface area contributed by atoms with Gasteiger partial charge >= 0.3 is 0 Å². The maximum Gasteiger partial charge on any atom is 0.115 e. The van der Waals surface area contributed by atoms with Gasteiger partial charge in [0.05, 0.1) is 59.7 Å². The van der Waals surface area contributed by atoms with Gasteiger partial charge in [0.2, 0.25) is 0 Å². The van der Waals surface area contributed by atoms with E-state index >= 15 is 0 Å². The fourth-order valence-corrected chi connectivity index (χ4v) is 17.0. The minimum absolute atomic E-state index is 0.289. The molecule has 0 fully saturated rings. The Balaban J connectivity index is 1.11. The van der Waals surface area contributed by atoms with E-state index in [1.54, 1.807) is 24.3 Å². The van der Waals surface area contributed by atoms with Crippen LogP contribution in [0.15, 0.2) is 121 Å². The highest BCUT2D eigenvalue weighted by Gasteiger charge is 2.27. The van der Waals surface area contributed by atoms with E-state index < -0.39 is 0 Å². The van der Waals surface area contributed by atoms with Crippen molar-refractivity contribution in [2.75, 3.05) is 0 Å². The van der Waals surface area contributed by atoms with Crippen molar-refractivity contribution in [1.29, 1.82) is 0 Å². The van der Waals surface area contributed by atoms with Crippen LogP contribution in [-0.4, -0.2) is 19.3 Å². The summed E-state index contributed by atoms with van der Waals surface area (Å²) in [5.74, 6) is 0.577. The van der Waals surface area contributed by atoms with Crippen LogP contribution < -0.4 is 0 Å². The fraction of sp³-hybridized carbons (Fsp3) is 0.0417. The summed E-state index contributed by atoms with van der Waals surface area (Å²) in [6.07, 6.45) is 0. The summed E-state index contributed by atoms with van der Waals surface area (Å²) in [6, 6.07) is 42.7. The Hall–Kier alpha value is -5.46. The molecule has 8 heterocycles. The van der Waals surface area contributed by atoms with E-state index in [0.29, 0.717) is 0 Å². The van der Waals surface area contributed by atoms with Gasteiger partial charge in [-0.15, -0.1) is 68.0 Å². The van der Waals surface area contributed by atoms with Gasteiger partial charge in [0.15, 0.2) is 0 Å². The monoisotopic (exact) mass is 856 g/mol. The van der Waals surface area contributed by atoms with Crippen LogP contribution in [0.1, 0.15) is 11.1 Å². The highest BCUT2D eigenvalue weighted by Crippen LogP contribution is 2.55. The summed E-state index contributed by atoms with van der Waals surface area (Å²) in [5, 5.41) is 22.4.